The third kappa shape index (κ3) is 5.40. The van der Waals surface area contributed by atoms with Gasteiger partial charge in [0.05, 0.1) is 39.8 Å². The fraction of sp³-hybridized carbons (Fsp3) is 0.406. The molecule has 1 N–H and O–H groups in total. The number of nitrogens with one attached hydrogen (secondary N) is 1. The molecule has 1 aromatic carbocycles. The molecule has 2 bridgehead atoms. The number of halogens is 2. The molecule has 3 heterocycles. The zero-order chi connectivity index (χ0) is 32.1. The van der Waals surface area contributed by atoms with Crippen LogP contribution in [-0.4, -0.2) is 43.7 Å². The van der Waals surface area contributed by atoms with Crippen molar-refractivity contribution in [1.29, 1.82) is 10.5 Å². The first-order valence-corrected chi connectivity index (χ1v) is 15.1. The van der Waals surface area contributed by atoms with Gasteiger partial charge in [-0.25, -0.2) is 14.5 Å². The lowest BCUT2D eigenvalue weighted by atomic mass is 9.50. The number of aromatic nitrogens is 5. The number of pyridine rings is 2. The van der Waals surface area contributed by atoms with Gasteiger partial charge in [-0.1, -0.05) is 43.7 Å². The highest BCUT2D eigenvalue weighted by atomic mass is 35.5. The van der Waals surface area contributed by atoms with Crippen LogP contribution in [0.4, 0.5) is 20.6 Å². The Morgan fingerprint density at radius 3 is 2.58 bits per heavy atom. The van der Waals surface area contributed by atoms with E-state index in [0.717, 1.165) is 19.3 Å². The maximum atomic E-state index is 14.2. The van der Waals surface area contributed by atoms with Crippen molar-refractivity contribution in [2.75, 3.05) is 22.8 Å². The number of fused-ring (bicyclic) bond motifs is 1. The zero-order valence-corrected chi connectivity index (χ0v) is 26.1. The van der Waals surface area contributed by atoms with E-state index in [1.807, 2.05) is 10.9 Å². The van der Waals surface area contributed by atoms with E-state index in [1.54, 1.807) is 19.1 Å². The summed E-state index contributed by atoms with van der Waals surface area (Å²) < 4.78 is 21.4. The van der Waals surface area contributed by atoms with E-state index in [1.165, 1.54) is 23.2 Å². The Labute approximate surface area is 264 Å². The molecule has 0 saturated heterocycles. The summed E-state index contributed by atoms with van der Waals surface area (Å²) in [6.07, 6.45) is 5.45. The number of carbonyl (C=O) groups is 1. The van der Waals surface area contributed by atoms with Gasteiger partial charge in [0, 0.05) is 29.4 Å². The van der Waals surface area contributed by atoms with Gasteiger partial charge in [0.25, 0.3) is 0 Å². The summed E-state index contributed by atoms with van der Waals surface area (Å²) in [6.45, 7) is 8.31. The van der Waals surface area contributed by atoms with Gasteiger partial charge in [-0.3, -0.25) is 9.88 Å². The summed E-state index contributed by atoms with van der Waals surface area (Å²) >= 11 is 5.90. The Kier molecular flexibility index (Phi) is 7.58. The lowest BCUT2D eigenvalue weighted by Gasteiger charge is -2.61. The van der Waals surface area contributed by atoms with Crippen molar-refractivity contribution in [3.05, 3.63) is 70.7 Å². The van der Waals surface area contributed by atoms with Gasteiger partial charge in [-0.05, 0) is 55.7 Å². The number of ether oxygens (including phenoxy) is 1. The molecule has 7 rings (SSSR count). The number of amides is 1. The predicted molar refractivity (Wildman–Crippen MR) is 165 cm³/mol. The number of nitrogens with zero attached hydrogens (tertiary/aromatic N) is 8. The topological polar surface area (TPSA) is 146 Å². The minimum Gasteiger partial charge on any atom is -0.433 e. The standard InChI is InChI=1S/C32H31ClFN9O2/c1-18-23(5-6-26(34)39-18)29(25-15-42(41-40-25)32-9-19(10-32)11-32)43(30(44)45-17-33)22-7-20(12-35)27-24(8-22)28(21(13-36)14-37-27)38-16-31(2,3)4/h5-8,14-15,19,29H,9-11,16-17H2,1-4H3,(H,37,38)/t19?,29-,32?/m0/s1. The van der Waals surface area contributed by atoms with Crippen molar-refractivity contribution in [3.63, 3.8) is 0 Å². The van der Waals surface area contributed by atoms with Crippen LogP contribution in [0.15, 0.2) is 36.7 Å². The van der Waals surface area contributed by atoms with Gasteiger partial charge in [-0.2, -0.15) is 14.9 Å². The molecule has 0 aliphatic heterocycles. The van der Waals surface area contributed by atoms with Gasteiger partial charge in [0.1, 0.15) is 23.9 Å². The second-order valence-corrected chi connectivity index (χ2v) is 13.2. The number of rotatable bonds is 8. The van der Waals surface area contributed by atoms with Crippen LogP contribution in [0.5, 0.6) is 0 Å². The van der Waals surface area contributed by atoms with E-state index in [0.29, 0.717) is 46.0 Å². The molecule has 1 atom stereocenters. The van der Waals surface area contributed by atoms with Crippen LogP contribution in [0.1, 0.15) is 74.2 Å². The molecule has 1 amide bonds. The van der Waals surface area contributed by atoms with Crippen molar-refractivity contribution in [2.45, 2.75) is 58.5 Å². The highest BCUT2D eigenvalue weighted by Crippen LogP contribution is 2.62. The fourth-order valence-corrected chi connectivity index (χ4v) is 6.32. The molecule has 45 heavy (non-hydrogen) atoms. The second kappa shape index (κ2) is 11.3. The smallest absolute Gasteiger partial charge is 0.416 e. The van der Waals surface area contributed by atoms with Gasteiger partial charge in [0.15, 0.2) is 6.07 Å². The highest BCUT2D eigenvalue weighted by Gasteiger charge is 2.59. The minimum atomic E-state index is -0.989. The largest absolute Gasteiger partial charge is 0.433 e. The van der Waals surface area contributed by atoms with Crippen molar-refractivity contribution in [1.82, 2.24) is 25.0 Å². The summed E-state index contributed by atoms with van der Waals surface area (Å²) in [6, 6.07) is 8.88. The quantitative estimate of drug-likeness (QED) is 0.175. The Morgan fingerprint density at radius 1 is 1.24 bits per heavy atom. The number of nitriles is 2. The molecule has 230 valence electrons. The number of anilines is 2. The second-order valence-electron chi connectivity index (χ2n) is 13.0. The molecule has 3 fully saturated rings. The summed E-state index contributed by atoms with van der Waals surface area (Å²) in [4.78, 5) is 23.7. The predicted octanol–water partition coefficient (Wildman–Crippen LogP) is 6.31. The van der Waals surface area contributed by atoms with Crippen LogP contribution in [-0.2, 0) is 10.3 Å². The number of alkyl halides is 1. The molecule has 0 spiro atoms. The van der Waals surface area contributed by atoms with Gasteiger partial charge in [-0.15, -0.1) is 5.10 Å². The number of carbonyl (C=O) groups excluding carboxylic acids is 1. The van der Waals surface area contributed by atoms with E-state index in [-0.39, 0.29) is 27.8 Å². The third-order valence-corrected chi connectivity index (χ3v) is 8.68. The van der Waals surface area contributed by atoms with E-state index in [4.69, 9.17) is 16.3 Å². The van der Waals surface area contributed by atoms with Crippen LogP contribution < -0.4 is 10.2 Å². The first kappa shape index (κ1) is 30.2. The van der Waals surface area contributed by atoms with Gasteiger partial charge >= 0.3 is 6.09 Å². The lowest BCUT2D eigenvalue weighted by molar-refractivity contribution is -0.0989. The van der Waals surface area contributed by atoms with Crippen molar-refractivity contribution in [3.8, 4) is 12.1 Å². The summed E-state index contributed by atoms with van der Waals surface area (Å²) in [5, 5.41) is 33.0. The van der Waals surface area contributed by atoms with Crippen LogP contribution in [0.2, 0.25) is 0 Å². The first-order valence-electron chi connectivity index (χ1n) is 14.6. The fourth-order valence-electron chi connectivity index (χ4n) is 6.22. The number of benzene rings is 1. The molecule has 0 radical (unpaired) electrons. The van der Waals surface area contributed by atoms with Crippen LogP contribution >= 0.6 is 11.6 Å². The average molecular weight is 628 g/mol. The third-order valence-electron chi connectivity index (χ3n) is 8.57. The summed E-state index contributed by atoms with van der Waals surface area (Å²) in [5.74, 6) is 0.0201. The van der Waals surface area contributed by atoms with Gasteiger partial charge < -0.3 is 10.1 Å². The zero-order valence-electron chi connectivity index (χ0n) is 25.3. The monoisotopic (exact) mass is 627 g/mol. The SMILES string of the molecule is Cc1nc(F)ccc1[C@@H](c1cn(C23CC(C2)C3)nn1)N(C(=O)OCCl)c1cc(C#N)c2ncc(C#N)c(NCC(C)(C)C)c2c1. The number of hydrogen-bond donors (Lipinski definition) is 1. The molecule has 13 heteroatoms. The summed E-state index contributed by atoms with van der Waals surface area (Å²) in [5.41, 5.74) is 2.50. The van der Waals surface area contributed by atoms with Gasteiger partial charge in [0.2, 0.25) is 5.95 Å². The maximum Gasteiger partial charge on any atom is 0.416 e. The molecule has 3 aromatic heterocycles. The highest BCUT2D eigenvalue weighted by molar-refractivity contribution is 6.17. The van der Waals surface area contributed by atoms with Crippen molar-refractivity contribution in [2.24, 2.45) is 11.3 Å². The molecule has 4 aromatic rings. The number of hydrogen-bond acceptors (Lipinski definition) is 9. The van der Waals surface area contributed by atoms with Crippen LogP contribution in [0, 0.1) is 46.9 Å². The van der Waals surface area contributed by atoms with Crippen LogP contribution in [0.25, 0.3) is 10.9 Å². The molecule has 3 aliphatic rings. The molecular formula is C32H31ClFN9O2. The molecule has 11 nitrogen and oxygen atoms in total. The van der Waals surface area contributed by atoms with E-state index in [2.05, 4.69) is 58.5 Å². The van der Waals surface area contributed by atoms with E-state index >= 15 is 0 Å². The Morgan fingerprint density at radius 2 is 1.98 bits per heavy atom. The molecule has 3 saturated carbocycles. The molecule has 0 unspecified atom stereocenters. The van der Waals surface area contributed by atoms with Crippen LogP contribution in [0.3, 0.4) is 0 Å². The Bertz CT molecular complexity index is 1890. The first-order chi connectivity index (χ1) is 21.5. The van der Waals surface area contributed by atoms with E-state index in [9.17, 15) is 19.7 Å². The lowest BCUT2D eigenvalue weighted by Crippen LogP contribution is -2.59. The van der Waals surface area contributed by atoms with E-state index < -0.39 is 24.1 Å². The molecular weight excluding hydrogens is 597 g/mol. The summed E-state index contributed by atoms with van der Waals surface area (Å²) in [7, 11) is 0. The maximum absolute atomic E-state index is 14.2. The minimum absolute atomic E-state index is 0.0814. The molecule has 3 aliphatic carbocycles. The van der Waals surface area contributed by atoms with Crippen molar-refractivity contribution < 1.29 is 13.9 Å². The normalized spacial score (nSPS) is 19.1. The Hall–Kier alpha value is -4.81. The number of aryl methyl sites for hydroxylation is 1. The average Bonchev–Trinajstić information content (AvgIpc) is 3.41. The Balaban J connectivity index is 1.58. The van der Waals surface area contributed by atoms with Crippen molar-refractivity contribution >= 4 is 40.0 Å².